The molecule has 0 saturated carbocycles. The first-order valence-corrected chi connectivity index (χ1v) is 8.41. The number of hydrogen-bond acceptors (Lipinski definition) is 4. The van der Waals surface area contributed by atoms with E-state index < -0.39 is 0 Å². The second-order valence-corrected chi connectivity index (χ2v) is 6.04. The van der Waals surface area contributed by atoms with Crippen LogP contribution in [0.5, 0.6) is 0 Å². The molecule has 0 aliphatic rings. The van der Waals surface area contributed by atoms with Crippen molar-refractivity contribution in [1.82, 2.24) is 15.0 Å². The maximum atomic E-state index is 4.69. The van der Waals surface area contributed by atoms with Gasteiger partial charge >= 0.3 is 0 Å². The first-order chi connectivity index (χ1) is 12.3. The molecule has 0 spiro atoms. The van der Waals surface area contributed by atoms with Gasteiger partial charge in [0, 0.05) is 21.6 Å². The molecule has 4 heteroatoms. The standard InChI is InChI=1S/C21H15N3S/c25-18-14-8-7-13-17(18)21-23-19(15-9-3-1-4-10-15)22-20(24-21)16-11-5-2-6-12-16/h1-14,25H. The summed E-state index contributed by atoms with van der Waals surface area (Å²) in [5.41, 5.74) is 2.81. The molecule has 0 radical (unpaired) electrons. The monoisotopic (exact) mass is 341 g/mol. The van der Waals surface area contributed by atoms with Crippen molar-refractivity contribution < 1.29 is 0 Å². The molecule has 0 aliphatic carbocycles. The van der Waals surface area contributed by atoms with E-state index in [1.54, 1.807) is 0 Å². The van der Waals surface area contributed by atoms with Gasteiger partial charge in [0.2, 0.25) is 0 Å². The van der Waals surface area contributed by atoms with E-state index in [1.165, 1.54) is 0 Å². The van der Waals surface area contributed by atoms with Gasteiger partial charge in [-0.2, -0.15) is 0 Å². The fourth-order valence-electron chi connectivity index (χ4n) is 2.59. The molecule has 3 nitrogen and oxygen atoms in total. The smallest absolute Gasteiger partial charge is 0.165 e. The third-order valence-electron chi connectivity index (χ3n) is 3.84. The van der Waals surface area contributed by atoms with Crippen LogP contribution in [0, 0.1) is 0 Å². The number of benzene rings is 3. The Bertz CT molecular complexity index is 944. The molecule has 0 aliphatic heterocycles. The highest BCUT2D eigenvalue weighted by Gasteiger charge is 2.13. The number of aromatic nitrogens is 3. The molecule has 0 atom stereocenters. The molecule has 4 aromatic rings. The van der Waals surface area contributed by atoms with Crippen molar-refractivity contribution in [2.75, 3.05) is 0 Å². The number of hydrogen-bond donors (Lipinski definition) is 1. The average Bonchev–Trinajstić information content (AvgIpc) is 2.69. The highest BCUT2D eigenvalue weighted by molar-refractivity contribution is 7.80. The van der Waals surface area contributed by atoms with Gasteiger partial charge in [-0.1, -0.05) is 78.9 Å². The molecular weight excluding hydrogens is 326 g/mol. The minimum absolute atomic E-state index is 0.623. The van der Waals surface area contributed by atoms with Crippen molar-refractivity contribution in [1.29, 1.82) is 0 Å². The molecule has 1 heterocycles. The third-order valence-corrected chi connectivity index (χ3v) is 4.23. The molecule has 0 N–H and O–H groups in total. The predicted molar refractivity (Wildman–Crippen MR) is 103 cm³/mol. The lowest BCUT2D eigenvalue weighted by Crippen LogP contribution is -2.00. The molecule has 25 heavy (non-hydrogen) atoms. The van der Waals surface area contributed by atoms with Gasteiger partial charge in [-0.05, 0) is 6.07 Å². The molecule has 3 aromatic carbocycles. The van der Waals surface area contributed by atoms with Crippen LogP contribution in [0.2, 0.25) is 0 Å². The minimum atomic E-state index is 0.623. The maximum absolute atomic E-state index is 4.69. The van der Waals surface area contributed by atoms with Gasteiger partial charge in [-0.15, -0.1) is 12.6 Å². The number of thiol groups is 1. The molecule has 1 aromatic heterocycles. The van der Waals surface area contributed by atoms with E-state index >= 15 is 0 Å². The van der Waals surface area contributed by atoms with Crippen LogP contribution in [0.25, 0.3) is 34.2 Å². The van der Waals surface area contributed by atoms with Crippen molar-refractivity contribution >= 4 is 12.6 Å². The lowest BCUT2D eigenvalue weighted by Gasteiger charge is -2.09. The molecular formula is C21H15N3S. The van der Waals surface area contributed by atoms with Crippen LogP contribution in [-0.2, 0) is 0 Å². The third kappa shape index (κ3) is 3.30. The van der Waals surface area contributed by atoms with Crippen LogP contribution in [0.3, 0.4) is 0 Å². The Hall–Kier alpha value is -2.98. The van der Waals surface area contributed by atoms with Gasteiger partial charge in [0.25, 0.3) is 0 Å². The minimum Gasteiger partial charge on any atom is -0.208 e. The quantitative estimate of drug-likeness (QED) is 0.523. The fraction of sp³-hybridized carbons (Fsp3) is 0. The summed E-state index contributed by atoms with van der Waals surface area (Å²) in [7, 11) is 0. The van der Waals surface area contributed by atoms with Crippen molar-refractivity contribution in [3.05, 3.63) is 84.9 Å². The van der Waals surface area contributed by atoms with Crippen molar-refractivity contribution in [3.63, 3.8) is 0 Å². The zero-order valence-corrected chi connectivity index (χ0v) is 14.3. The number of rotatable bonds is 3. The zero-order chi connectivity index (χ0) is 17.1. The van der Waals surface area contributed by atoms with Gasteiger partial charge in [0.15, 0.2) is 17.5 Å². The Kier molecular flexibility index (Phi) is 4.27. The molecule has 0 amide bonds. The van der Waals surface area contributed by atoms with E-state index in [9.17, 15) is 0 Å². The van der Waals surface area contributed by atoms with E-state index in [1.807, 2.05) is 84.9 Å². The second-order valence-electron chi connectivity index (χ2n) is 5.56. The van der Waals surface area contributed by atoms with Crippen LogP contribution in [0.4, 0.5) is 0 Å². The summed E-state index contributed by atoms with van der Waals surface area (Å²) >= 11 is 4.55. The van der Waals surface area contributed by atoms with Gasteiger partial charge in [-0.3, -0.25) is 0 Å². The second kappa shape index (κ2) is 6.87. The Labute approximate surface area is 151 Å². The molecule has 4 rings (SSSR count). The van der Waals surface area contributed by atoms with Crippen LogP contribution >= 0.6 is 12.6 Å². The predicted octanol–water partition coefficient (Wildman–Crippen LogP) is 5.16. The Morgan fingerprint density at radius 2 is 0.920 bits per heavy atom. The van der Waals surface area contributed by atoms with Gasteiger partial charge in [0.05, 0.1) is 0 Å². The topological polar surface area (TPSA) is 38.7 Å². The highest BCUT2D eigenvalue weighted by atomic mass is 32.1. The van der Waals surface area contributed by atoms with Crippen LogP contribution in [0.15, 0.2) is 89.8 Å². The summed E-state index contributed by atoms with van der Waals surface area (Å²) < 4.78 is 0. The Balaban J connectivity index is 1.94. The van der Waals surface area contributed by atoms with Crippen LogP contribution in [-0.4, -0.2) is 15.0 Å². The summed E-state index contributed by atoms with van der Waals surface area (Å²) in [5, 5.41) is 0. The molecule has 120 valence electrons. The van der Waals surface area contributed by atoms with Crippen molar-refractivity contribution in [2.45, 2.75) is 4.90 Å². The summed E-state index contributed by atoms with van der Waals surface area (Å²) in [5.74, 6) is 1.93. The van der Waals surface area contributed by atoms with E-state index in [0.717, 1.165) is 21.6 Å². The van der Waals surface area contributed by atoms with Gasteiger partial charge < -0.3 is 0 Å². The van der Waals surface area contributed by atoms with E-state index in [2.05, 4.69) is 27.6 Å². The van der Waals surface area contributed by atoms with Gasteiger partial charge in [-0.25, -0.2) is 15.0 Å². The van der Waals surface area contributed by atoms with Crippen LogP contribution < -0.4 is 0 Å². The summed E-state index contributed by atoms with van der Waals surface area (Å²) in [6.45, 7) is 0. The maximum Gasteiger partial charge on any atom is 0.165 e. The number of nitrogens with zero attached hydrogens (tertiary/aromatic N) is 3. The summed E-state index contributed by atoms with van der Waals surface area (Å²) in [6.07, 6.45) is 0. The SMILES string of the molecule is Sc1ccccc1-c1nc(-c2ccccc2)nc(-c2ccccc2)n1. The lowest BCUT2D eigenvalue weighted by atomic mass is 10.1. The molecule has 0 saturated heterocycles. The van der Waals surface area contributed by atoms with E-state index in [4.69, 9.17) is 0 Å². The first kappa shape index (κ1) is 15.5. The largest absolute Gasteiger partial charge is 0.208 e. The average molecular weight is 341 g/mol. The summed E-state index contributed by atoms with van der Waals surface area (Å²) in [4.78, 5) is 14.9. The first-order valence-electron chi connectivity index (χ1n) is 7.96. The van der Waals surface area contributed by atoms with E-state index in [0.29, 0.717) is 17.5 Å². The molecule has 0 bridgehead atoms. The Morgan fingerprint density at radius 3 is 1.44 bits per heavy atom. The van der Waals surface area contributed by atoms with Crippen molar-refractivity contribution in [3.8, 4) is 34.2 Å². The summed E-state index contributed by atoms with van der Waals surface area (Å²) in [6, 6.07) is 27.7. The molecule has 0 unspecified atom stereocenters. The van der Waals surface area contributed by atoms with E-state index in [-0.39, 0.29) is 0 Å². The Morgan fingerprint density at radius 1 is 0.480 bits per heavy atom. The van der Waals surface area contributed by atoms with Gasteiger partial charge in [0.1, 0.15) is 0 Å². The highest BCUT2D eigenvalue weighted by Crippen LogP contribution is 2.27. The fourth-order valence-corrected chi connectivity index (χ4v) is 2.85. The molecule has 0 fully saturated rings. The van der Waals surface area contributed by atoms with Crippen molar-refractivity contribution in [2.24, 2.45) is 0 Å². The normalized spacial score (nSPS) is 10.6. The zero-order valence-electron chi connectivity index (χ0n) is 13.4. The van der Waals surface area contributed by atoms with Crippen LogP contribution in [0.1, 0.15) is 0 Å². The lowest BCUT2D eigenvalue weighted by molar-refractivity contribution is 1.07.